The van der Waals surface area contributed by atoms with E-state index in [1.807, 2.05) is 18.7 Å². The Labute approximate surface area is 127 Å². The van der Waals surface area contributed by atoms with E-state index in [9.17, 15) is 4.79 Å². The number of anilines is 1. The quantitative estimate of drug-likeness (QED) is 0.841. The fourth-order valence-corrected chi connectivity index (χ4v) is 3.25. The molecule has 3 heterocycles. The number of hydrogen-bond donors (Lipinski definition) is 0. The number of aromatic nitrogens is 3. The summed E-state index contributed by atoms with van der Waals surface area (Å²) in [5.74, 6) is 0.760. The molecular formula is C14H17N5OS. The molecule has 1 fully saturated rings. The zero-order chi connectivity index (χ0) is 14.8. The largest absolute Gasteiger partial charge is 0.337 e. The first-order valence-electron chi connectivity index (χ1n) is 6.90. The van der Waals surface area contributed by atoms with Gasteiger partial charge in [0, 0.05) is 43.4 Å². The number of carbonyl (C=O) groups excluding carboxylic acids is 1. The number of rotatable bonds is 2. The Kier molecular flexibility index (Phi) is 3.83. The van der Waals surface area contributed by atoms with E-state index >= 15 is 0 Å². The number of aryl methyl sites for hydroxylation is 2. The molecule has 110 valence electrons. The van der Waals surface area contributed by atoms with Crippen LogP contribution in [0.3, 0.4) is 0 Å². The maximum Gasteiger partial charge on any atom is 0.273 e. The van der Waals surface area contributed by atoms with Gasteiger partial charge in [-0.3, -0.25) is 4.79 Å². The van der Waals surface area contributed by atoms with Crippen molar-refractivity contribution < 1.29 is 4.79 Å². The first-order valence-corrected chi connectivity index (χ1v) is 7.72. The van der Waals surface area contributed by atoms with E-state index in [0.29, 0.717) is 18.8 Å². The molecular weight excluding hydrogens is 286 g/mol. The zero-order valence-corrected chi connectivity index (χ0v) is 12.9. The summed E-state index contributed by atoms with van der Waals surface area (Å²) in [6, 6.07) is 1.80. The van der Waals surface area contributed by atoms with Gasteiger partial charge in [0.15, 0.2) is 0 Å². The van der Waals surface area contributed by atoms with Crippen molar-refractivity contribution in [2.24, 2.45) is 0 Å². The van der Waals surface area contributed by atoms with Crippen molar-refractivity contribution in [3.8, 4) is 0 Å². The second-order valence-electron chi connectivity index (χ2n) is 4.97. The Balaban J connectivity index is 1.66. The Morgan fingerprint density at radius 2 is 1.81 bits per heavy atom. The fraction of sp³-hybridized carbons (Fsp3) is 0.429. The highest BCUT2D eigenvalue weighted by Crippen LogP contribution is 2.19. The smallest absolute Gasteiger partial charge is 0.273 e. The van der Waals surface area contributed by atoms with Crippen molar-refractivity contribution in [1.82, 2.24) is 19.9 Å². The lowest BCUT2D eigenvalue weighted by molar-refractivity contribution is 0.0740. The predicted molar refractivity (Wildman–Crippen MR) is 81.7 cm³/mol. The van der Waals surface area contributed by atoms with Gasteiger partial charge >= 0.3 is 0 Å². The van der Waals surface area contributed by atoms with Crippen molar-refractivity contribution in [1.29, 1.82) is 0 Å². The molecule has 0 radical (unpaired) electrons. The van der Waals surface area contributed by atoms with Crippen molar-refractivity contribution in [3.05, 3.63) is 34.0 Å². The number of hydrogen-bond acceptors (Lipinski definition) is 6. The highest BCUT2D eigenvalue weighted by Gasteiger charge is 2.25. The van der Waals surface area contributed by atoms with Crippen LogP contribution in [0.5, 0.6) is 0 Å². The van der Waals surface area contributed by atoms with Crippen LogP contribution in [-0.4, -0.2) is 51.9 Å². The maximum atomic E-state index is 12.5. The molecule has 0 saturated carbocycles. The summed E-state index contributed by atoms with van der Waals surface area (Å²) in [5.41, 5.74) is 0.599. The van der Waals surface area contributed by atoms with Gasteiger partial charge in [-0.2, -0.15) is 0 Å². The van der Waals surface area contributed by atoms with Gasteiger partial charge in [0.1, 0.15) is 5.69 Å². The third kappa shape index (κ3) is 2.87. The molecule has 21 heavy (non-hydrogen) atoms. The van der Waals surface area contributed by atoms with E-state index in [2.05, 4.69) is 19.9 Å². The van der Waals surface area contributed by atoms with Crippen LogP contribution >= 0.6 is 11.3 Å². The number of nitrogens with zero attached hydrogens (tertiary/aromatic N) is 5. The number of piperazine rings is 1. The van der Waals surface area contributed by atoms with Crippen molar-refractivity contribution >= 4 is 23.2 Å². The van der Waals surface area contributed by atoms with Crippen LogP contribution in [-0.2, 0) is 0 Å². The van der Waals surface area contributed by atoms with Crippen LogP contribution in [0.25, 0.3) is 0 Å². The van der Waals surface area contributed by atoms with Gasteiger partial charge in [-0.25, -0.2) is 15.0 Å². The second kappa shape index (κ2) is 5.77. The minimum Gasteiger partial charge on any atom is -0.337 e. The summed E-state index contributed by atoms with van der Waals surface area (Å²) >= 11 is 1.57. The first kappa shape index (κ1) is 13.9. The van der Waals surface area contributed by atoms with Gasteiger partial charge in [0.25, 0.3) is 5.91 Å². The van der Waals surface area contributed by atoms with E-state index in [-0.39, 0.29) is 5.91 Å². The molecule has 1 aliphatic heterocycles. The van der Waals surface area contributed by atoms with Crippen LogP contribution < -0.4 is 4.90 Å². The van der Waals surface area contributed by atoms with Crippen LogP contribution in [0, 0.1) is 13.8 Å². The summed E-state index contributed by atoms with van der Waals surface area (Å²) in [7, 11) is 0. The molecule has 3 rings (SSSR count). The summed E-state index contributed by atoms with van der Waals surface area (Å²) in [4.78, 5) is 30.3. The van der Waals surface area contributed by atoms with Crippen LogP contribution in [0.2, 0.25) is 0 Å². The fourth-order valence-electron chi connectivity index (χ4n) is 2.44. The minimum atomic E-state index is 0.0329. The topological polar surface area (TPSA) is 62.2 Å². The molecule has 2 aromatic rings. The molecule has 1 saturated heterocycles. The summed E-state index contributed by atoms with van der Waals surface area (Å²) in [5, 5.41) is 0.937. The van der Waals surface area contributed by atoms with Gasteiger partial charge in [-0.1, -0.05) is 0 Å². The molecule has 0 unspecified atom stereocenters. The van der Waals surface area contributed by atoms with E-state index in [0.717, 1.165) is 28.9 Å². The predicted octanol–water partition coefficient (Wildman–Crippen LogP) is 1.51. The van der Waals surface area contributed by atoms with E-state index in [1.165, 1.54) is 0 Å². The standard InChI is InChI=1S/C14H17N5OS/c1-10-12(17-11(2)21-10)13(20)18-6-8-19(9-7-18)14-15-4-3-5-16-14/h3-5H,6-9H2,1-2H3. The van der Waals surface area contributed by atoms with Crippen molar-refractivity contribution in [2.75, 3.05) is 31.1 Å². The molecule has 0 atom stereocenters. The highest BCUT2D eigenvalue weighted by atomic mass is 32.1. The lowest BCUT2D eigenvalue weighted by Crippen LogP contribution is -2.49. The molecule has 0 bridgehead atoms. The first-order chi connectivity index (χ1) is 10.1. The Bertz CT molecular complexity index is 634. The molecule has 7 heteroatoms. The van der Waals surface area contributed by atoms with Crippen molar-refractivity contribution in [2.45, 2.75) is 13.8 Å². The maximum absolute atomic E-state index is 12.5. The molecule has 0 aromatic carbocycles. The Hall–Kier alpha value is -2.02. The van der Waals surface area contributed by atoms with Gasteiger partial charge < -0.3 is 9.80 Å². The molecule has 2 aromatic heterocycles. The average Bonchev–Trinajstić information content (AvgIpc) is 2.86. The lowest BCUT2D eigenvalue weighted by Gasteiger charge is -2.34. The third-order valence-corrected chi connectivity index (χ3v) is 4.39. The number of amides is 1. The molecule has 0 aliphatic carbocycles. The second-order valence-corrected chi connectivity index (χ2v) is 6.37. The zero-order valence-electron chi connectivity index (χ0n) is 12.1. The molecule has 1 amide bonds. The van der Waals surface area contributed by atoms with Crippen LogP contribution in [0.1, 0.15) is 20.4 Å². The van der Waals surface area contributed by atoms with Crippen LogP contribution in [0.15, 0.2) is 18.5 Å². The van der Waals surface area contributed by atoms with Gasteiger partial charge in [0.2, 0.25) is 5.95 Å². The Morgan fingerprint density at radius 3 is 2.38 bits per heavy atom. The third-order valence-electron chi connectivity index (χ3n) is 3.51. The normalized spacial score (nSPS) is 15.3. The number of carbonyl (C=O) groups is 1. The Morgan fingerprint density at radius 1 is 1.14 bits per heavy atom. The highest BCUT2D eigenvalue weighted by molar-refractivity contribution is 7.11. The molecule has 0 spiro atoms. The molecule has 1 aliphatic rings. The average molecular weight is 303 g/mol. The molecule has 6 nitrogen and oxygen atoms in total. The van der Waals surface area contributed by atoms with Gasteiger partial charge in [0.05, 0.1) is 5.01 Å². The SMILES string of the molecule is Cc1nc(C(=O)N2CCN(c3ncccn3)CC2)c(C)s1. The van der Waals surface area contributed by atoms with E-state index in [4.69, 9.17) is 0 Å². The number of thiazole rings is 1. The van der Waals surface area contributed by atoms with E-state index < -0.39 is 0 Å². The molecule has 0 N–H and O–H groups in total. The lowest BCUT2D eigenvalue weighted by atomic mass is 10.2. The summed E-state index contributed by atoms with van der Waals surface area (Å²) < 4.78 is 0. The van der Waals surface area contributed by atoms with Crippen LogP contribution in [0.4, 0.5) is 5.95 Å². The minimum absolute atomic E-state index is 0.0329. The van der Waals surface area contributed by atoms with Gasteiger partial charge in [-0.05, 0) is 19.9 Å². The summed E-state index contributed by atoms with van der Waals surface area (Å²) in [6.45, 7) is 6.72. The van der Waals surface area contributed by atoms with Crippen molar-refractivity contribution in [3.63, 3.8) is 0 Å². The monoisotopic (exact) mass is 303 g/mol. The van der Waals surface area contributed by atoms with E-state index in [1.54, 1.807) is 29.8 Å². The van der Waals surface area contributed by atoms with Gasteiger partial charge in [-0.15, -0.1) is 11.3 Å². The summed E-state index contributed by atoms with van der Waals surface area (Å²) in [6.07, 6.45) is 3.47.